The highest BCUT2D eigenvalue weighted by Crippen LogP contribution is 2.33. The van der Waals surface area contributed by atoms with Gasteiger partial charge in [-0.25, -0.2) is 0 Å². The van der Waals surface area contributed by atoms with Crippen LogP contribution in [0.3, 0.4) is 0 Å². The lowest BCUT2D eigenvalue weighted by molar-refractivity contribution is -0.251. The average Bonchev–Trinajstić information content (AvgIpc) is 3.19. The molecule has 0 amide bonds. The minimum atomic E-state index is -1.53. The summed E-state index contributed by atoms with van der Waals surface area (Å²) < 4.78 is 50.6. The van der Waals surface area contributed by atoms with Gasteiger partial charge in [-0.05, 0) is 6.42 Å². The van der Waals surface area contributed by atoms with Gasteiger partial charge in [-0.15, -0.1) is 0 Å². The Kier molecular flexibility index (Phi) is 19.6. The third-order valence-electron chi connectivity index (χ3n) is 11.6. The predicted octanol–water partition coefficient (Wildman–Crippen LogP) is -5.95. The van der Waals surface area contributed by atoms with Gasteiger partial charge in [0.1, 0.15) is 55.4 Å². The summed E-state index contributed by atoms with van der Waals surface area (Å²) in [4.78, 5) is 11.7. The normalized spacial score (nSPS) is 44.2. The molecule has 0 aromatic heterocycles. The SMILES string of the molecule is CC[C@@H]1C(CO)O[C@@H](COC[C@@H]2C(COC(C)=O)O[C@@H](COC[C@@H]3C(CO)O[C@@H](COC[C@@H]4C(CO)O[C@@H](COC)C(O)[C@@H]4O)C(O)[C@@H]3O)C(O)[C@@H]2O)C(O)[C@@H]1O. The number of esters is 1. The van der Waals surface area contributed by atoms with Gasteiger partial charge >= 0.3 is 5.97 Å². The fourth-order valence-corrected chi connectivity index (χ4v) is 8.09. The third kappa shape index (κ3) is 12.0. The first kappa shape index (κ1) is 48.4. The van der Waals surface area contributed by atoms with Crippen LogP contribution in [-0.2, 0) is 47.4 Å². The van der Waals surface area contributed by atoms with Crippen molar-refractivity contribution < 1.29 is 104 Å². The predicted molar refractivity (Wildman–Crippen MR) is 189 cm³/mol. The first-order valence-electron chi connectivity index (χ1n) is 19.5. The van der Waals surface area contributed by atoms with E-state index < -0.39 is 141 Å². The number of methoxy groups -OCH3 is 1. The van der Waals surface area contributed by atoms with E-state index in [1.54, 1.807) is 6.92 Å². The Balaban J connectivity index is 1.29. The molecule has 0 aromatic carbocycles. The van der Waals surface area contributed by atoms with E-state index >= 15 is 0 Å². The number of carbonyl (C=O) groups excluding carboxylic acids is 1. The Labute approximate surface area is 330 Å². The van der Waals surface area contributed by atoms with Crippen molar-refractivity contribution in [1.82, 2.24) is 0 Å². The number of hydrogen-bond acceptors (Lipinski definition) is 21. The first-order chi connectivity index (χ1) is 27.2. The molecular formula is C36H64O21. The molecule has 4 rings (SSSR count). The van der Waals surface area contributed by atoms with Gasteiger partial charge in [0.2, 0.25) is 0 Å². The van der Waals surface area contributed by atoms with Gasteiger partial charge in [-0.2, -0.15) is 0 Å². The first-order valence-corrected chi connectivity index (χ1v) is 19.5. The number of carbonyl (C=O) groups is 1. The zero-order chi connectivity index (χ0) is 42.0. The lowest BCUT2D eigenvalue weighted by atomic mass is 9.85. The molecule has 4 aliphatic rings. The molecule has 4 saturated heterocycles. The van der Waals surface area contributed by atoms with E-state index in [1.807, 2.05) is 0 Å². The summed E-state index contributed by atoms with van der Waals surface area (Å²) in [5.41, 5.74) is 0. The van der Waals surface area contributed by atoms with Gasteiger partial charge in [0, 0.05) is 37.7 Å². The molecule has 21 nitrogen and oxygen atoms in total. The topological polar surface area (TPSA) is 323 Å². The molecule has 0 aromatic rings. The summed E-state index contributed by atoms with van der Waals surface area (Å²) in [6.07, 6.45) is -18.5. The van der Waals surface area contributed by atoms with Crippen molar-refractivity contribution >= 4 is 5.97 Å². The number of rotatable bonds is 20. The van der Waals surface area contributed by atoms with E-state index in [4.69, 9.17) is 42.6 Å². The quantitative estimate of drug-likeness (QED) is 0.0509. The van der Waals surface area contributed by atoms with E-state index in [9.17, 15) is 61.0 Å². The Hall–Kier alpha value is -1.29. The highest BCUT2D eigenvalue weighted by Gasteiger charge is 2.49. The fraction of sp³-hybridized carbons (Fsp3) is 0.972. The molecule has 8 unspecified atom stereocenters. The van der Waals surface area contributed by atoms with Crippen molar-refractivity contribution in [3.63, 3.8) is 0 Å². The van der Waals surface area contributed by atoms with Gasteiger partial charge in [0.15, 0.2) is 0 Å². The second-order valence-electron chi connectivity index (χ2n) is 15.3. The molecule has 0 spiro atoms. The molecule has 20 atom stereocenters. The summed E-state index contributed by atoms with van der Waals surface area (Å²) in [5.74, 6) is -3.88. The Morgan fingerprint density at radius 2 is 0.754 bits per heavy atom. The summed E-state index contributed by atoms with van der Waals surface area (Å²) >= 11 is 0. The molecule has 0 radical (unpaired) electrons. The van der Waals surface area contributed by atoms with Gasteiger partial charge in [0.25, 0.3) is 0 Å². The summed E-state index contributed by atoms with van der Waals surface area (Å²) in [6, 6.07) is 0. The third-order valence-corrected chi connectivity index (χ3v) is 11.6. The van der Waals surface area contributed by atoms with Gasteiger partial charge in [-0.3, -0.25) is 4.79 Å². The van der Waals surface area contributed by atoms with Gasteiger partial charge in [-0.1, -0.05) is 6.92 Å². The molecule has 11 N–H and O–H groups in total. The van der Waals surface area contributed by atoms with Crippen LogP contribution in [0, 0.1) is 23.7 Å². The van der Waals surface area contributed by atoms with E-state index in [2.05, 4.69) is 0 Å². The largest absolute Gasteiger partial charge is 0.463 e. The molecule has 334 valence electrons. The van der Waals surface area contributed by atoms with Crippen LogP contribution >= 0.6 is 0 Å². The second kappa shape index (κ2) is 23.1. The van der Waals surface area contributed by atoms with E-state index in [0.29, 0.717) is 6.42 Å². The van der Waals surface area contributed by atoms with Crippen LogP contribution in [0.5, 0.6) is 0 Å². The molecule has 4 heterocycles. The van der Waals surface area contributed by atoms with E-state index in [1.165, 1.54) is 14.0 Å². The molecule has 57 heavy (non-hydrogen) atoms. The average molecular weight is 833 g/mol. The smallest absolute Gasteiger partial charge is 0.302 e. The lowest BCUT2D eigenvalue weighted by Crippen LogP contribution is -2.60. The van der Waals surface area contributed by atoms with Crippen LogP contribution in [0.1, 0.15) is 20.3 Å². The Morgan fingerprint density at radius 3 is 1.09 bits per heavy atom. The number of aliphatic hydroxyl groups excluding tert-OH is 11. The van der Waals surface area contributed by atoms with Crippen molar-refractivity contribution in [2.75, 3.05) is 79.8 Å². The number of aliphatic hydroxyl groups is 11. The maximum atomic E-state index is 11.7. The molecular weight excluding hydrogens is 768 g/mol. The Bertz CT molecular complexity index is 1170. The van der Waals surface area contributed by atoms with Crippen LogP contribution in [0.25, 0.3) is 0 Å². The zero-order valence-corrected chi connectivity index (χ0v) is 32.5. The van der Waals surface area contributed by atoms with E-state index in [-0.39, 0.29) is 59.5 Å². The van der Waals surface area contributed by atoms with Gasteiger partial charge < -0.3 is 98.8 Å². The van der Waals surface area contributed by atoms with Crippen molar-refractivity contribution in [3.05, 3.63) is 0 Å². The van der Waals surface area contributed by atoms with Crippen LogP contribution in [0.4, 0.5) is 0 Å². The Morgan fingerprint density at radius 1 is 0.439 bits per heavy atom. The highest BCUT2D eigenvalue weighted by atomic mass is 16.6. The fourth-order valence-electron chi connectivity index (χ4n) is 8.09. The molecule has 0 bridgehead atoms. The van der Waals surface area contributed by atoms with Crippen molar-refractivity contribution in [3.8, 4) is 0 Å². The lowest BCUT2D eigenvalue weighted by Gasteiger charge is -2.44. The number of ether oxygens (including phenoxy) is 9. The minimum absolute atomic E-state index is 0.0104. The second-order valence-corrected chi connectivity index (χ2v) is 15.3. The molecule has 0 aliphatic carbocycles. The highest BCUT2D eigenvalue weighted by molar-refractivity contribution is 5.65. The van der Waals surface area contributed by atoms with Crippen molar-refractivity contribution in [2.45, 2.75) is 118 Å². The van der Waals surface area contributed by atoms with Gasteiger partial charge in [0.05, 0.1) is 115 Å². The van der Waals surface area contributed by atoms with Crippen LogP contribution in [-0.4, -0.2) is 240 Å². The maximum absolute atomic E-state index is 11.7. The summed E-state index contributed by atoms with van der Waals surface area (Å²) in [5, 5.41) is 116. The molecule has 21 heteroatoms. The van der Waals surface area contributed by atoms with Crippen molar-refractivity contribution in [1.29, 1.82) is 0 Å². The summed E-state index contributed by atoms with van der Waals surface area (Å²) in [6.45, 7) is -0.433. The van der Waals surface area contributed by atoms with Crippen molar-refractivity contribution in [2.24, 2.45) is 23.7 Å². The minimum Gasteiger partial charge on any atom is -0.463 e. The standard InChI is InChI=1S/C36H64O21/c1-4-17-21(5-37)54-26(34(46)29(17)41)12-52-10-20-24(15-53-16(2)40)57-28(36(48)32(20)44)14-51-9-19-23(7-39)56-27(35(47)31(19)43)13-50-8-18-22(6-38)55-25(11-49-3)33(45)30(18)42/h17-39,41-48H,4-15H2,1-3H3/t17-,18-,19-,20-,21?,22?,23?,24?,25+,26+,27+,28+,29-,30-,31-,32-,33?,34?,35?,36?/m1/s1. The molecule has 4 aliphatic heterocycles. The monoisotopic (exact) mass is 832 g/mol. The molecule has 4 fully saturated rings. The van der Waals surface area contributed by atoms with Crippen LogP contribution < -0.4 is 0 Å². The zero-order valence-electron chi connectivity index (χ0n) is 32.5. The number of hydrogen-bond donors (Lipinski definition) is 11. The van der Waals surface area contributed by atoms with E-state index in [0.717, 1.165) is 0 Å². The van der Waals surface area contributed by atoms with Crippen LogP contribution in [0.15, 0.2) is 0 Å². The maximum Gasteiger partial charge on any atom is 0.302 e. The molecule has 0 saturated carbocycles. The van der Waals surface area contributed by atoms with Crippen LogP contribution in [0.2, 0.25) is 0 Å². The summed E-state index contributed by atoms with van der Waals surface area (Å²) in [7, 11) is 1.40.